The van der Waals surface area contributed by atoms with Crippen LogP contribution < -0.4 is 0 Å². The van der Waals surface area contributed by atoms with Gasteiger partial charge in [-0.25, -0.2) is 4.79 Å². The zero-order chi connectivity index (χ0) is 19.9. The number of nitrogens with zero attached hydrogens (tertiary/aromatic N) is 3. The van der Waals surface area contributed by atoms with Crippen LogP contribution in [0.15, 0.2) is 12.1 Å². The maximum Gasteiger partial charge on any atom is 0.407 e. The van der Waals surface area contributed by atoms with Gasteiger partial charge in [-0.15, -0.1) is 0 Å². The number of halogens is 1. The zero-order valence-corrected chi connectivity index (χ0v) is 17.0. The number of ether oxygens (including phenoxy) is 1. The van der Waals surface area contributed by atoms with E-state index < -0.39 is 6.09 Å². The molecule has 3 rings (SSSR count). The van der Waals surface area contributed by atoms with Crippen LogP contribution in [0.4, 0.5) is 4.79 Å². The molecular formula is C20H26ClN3O3. The van der Waals surface area contributed by atoms with Gasteiger partial charge in [0.2, 0.25) is 0 Å². The molecule has 1 amide bonds. The molecule has 1 unspecified atom stereocenters. The number of hydrogen-bond acceptors (Lipinski definition) is 4. The largest absolute Gasteiger partial charge is 0.465 e. The lowest BCUT2D eigenvalue weighted by Crippen LogP contribution is -2.65. The summed E-state index contributed by atoms with van der Waals surface area (Å²) in [6.45, 7) is 10.6. The molecule has 0 bridgehead atoms. The molecule has 0 radical (unpaired) electrons. The average molecular weight is 392 g/mol. The number of benzene rings is 1. The van der Waals surface area contributed by atoms with Crippen LogP contribution in [0, 0.1) is 23.7 Å². The molecule has 2 heterocycles. The number of fused-ring (bicyclic) bond motifs is 1. The fourth-order valence-corrected chi connectivity index (χ4v) is 4.44. The molecule has 0 saturated carbocycles. The summed E-state index contributed by atoms with van der Waals surface area (Å²) in [6, 6.07) is 5.91. The van der Waals surface area contributed by atoms with Gasteiger partial charge in [0.15, 0.2) is 0 Å². The zero-order valence-electron chi connectivity index (χ0n) is 16.2. The van der Waals surface area contributed by atoms with Crippen LogP contribution in [0.1, 0.15) is 43.6 Å². The normalized spacial score (nSPS) is 26.4. The number of piperazine rings is 1. The summed E-state index contributed by atoms with van der Waals surface area (Å²) in [4.78, 5) is 15.3. The van der Waals surface area contributed by atoms with E-state index in [1.165, 1.54) is 4.90 Å². The highest BCUT2D eigenvalue weighted by molar-refractivity contribution is 6.31. The summed E-state index contributed by atoms with van der Waals surface area (Å²) in [7, 11) is 0. The van der Waals surface area contributed by atoms with Gasteiger partial charge in [0.05, 0.1) is 28.8 Å². The molecule has 1 N–H and O–H groups in total. The lowest BCUT2D eigenvalue weighted by molar-refractivity contribution is -0.173. The molecule has 0 spiro atoms. The lowest BCUT2D eigenvalue weighted by atomic mass is 9.81. The first-order valence-electron chi connectivity index (χ1n) is 9.20. The third-order valence-electron chi connectivity index (χ3n) is 5.63. The van der Waals surface area contributed by atoms with Gasteiger partial charge in [-0.1, -0.05) is 38.4 Å². The van der Waals surface area contributed by atoms with Crippen LogP contribution >= 0.6 is 11.6 Å². The quantitative estimate of drug-likeness (QED) is 0.790. The van der Waals surface area contributed by atoms with Crippen molar-refractivity contribution < 1.29 is 14.6 Å². The van der Waals surface area contributed by atoms with Crippen LogP contribution in [-0.2, 0) is 4.74 Å². The molecule has 7 heteroatoms. The highest BCUT2D eigenvalue weighted by Gasteiger charge is 2.46. The van der Waals surface area contributed by atoms with Crippen molar-refractivity contribution in [3.05, 3.63) is 33.8 Å². The fraction of sp³-hybridized carbons (Fsp3) is 0.600. The molecule has 3 atom stereocenters. The van der Waals surface area contributed by atoms with Crippen LogP contribution in [0.2, 0.25) is 5.02 Å². The molecule has 2 saturated heterocycles. The van der Waals surface area contributed by atoms with Crippen molar-refractivity contribution in [3.8, 4) is 6.07 Å². The Kier molecular flexibility index (Phi) is 5.40. The second kappa shape index (κ2) is 7.31. The predicted octanol–water partition coefficient (Wildman–Crippen LogP) is 3.67. The third kappa shape index (κ3) is 3.77. The van der Waals surface area contributed by atoms with Crippen molar-refractivity contribution in [2.24, 2.45) is 5.41 Å². The Balaban J connectivity index is 1.94. The minimum atomic E-state index is -0.878. The molecule has 6 nitrogen and oxygen atoms in total. The van der Waals surface area contributed by atoms with E-state index in [4.69, 9.17) is 16.3 Å². The van der Waals surface area contributed by atoms with Gasteiger partial charge in [0.1, 0.15) is 6.07 Å². The molecule has 2 aliphatic heterocycles. The first kappa shape index (κ1) is 19.9. The Labute approximate surface area is 165 Å². The van der Waals surface area contributed by atoms with E-state index in [1.54, 1.807) is 6.07 Å². The maximum atomic E-state index is 11.4. The minimum absolute atomic E-state index is 0.0224. The second-order valence-electron chi connectivity index (χ2n) is 8.45. The number of carbonyl (C=O) groups is 1. The van der Waals surface area contributed by atoms with Crippen LogP contribution in [-0.4, -0.2) is 59.3 Å². The highest BCUT2D eigenvalue weighted by Crippen LogP contribution is 2.40. The highest BCUT2D eigenvalue weighted by atomic mass is 35.5. The molecule has 2 aliphatic rings. The van der Waals surface area contributed by atoms with E-state index in [0.717, 1.165) is 11.1 Å². The number of amides is 1. The van der Waals surface area contributed by atoms with Crippen LogP contribution in [0.25, 0.3) is 0 Å². The van der Waals surface area contributed by atoms with E-state index in [1.807, 2.05) is 13.0 Å². The number of nitriles is 1. The summed E-state index contributed by atoms with van der Waals surface area (Å²) in [5.74, 6) is 0. The van der Waals surface area contributed by atoms with Crippen molar-refractivity contribution in [1.82, 2.24) is 9.80 Å². The number of rotatable bonds is 1. The van der Waals surface area contributed by atoms with Crippen LogP contribution in [0.5, 0.6) is 0 Å². The van der Waals surface area contributed by atoms with Gasteiger partial charge in [-0.05, 0) is 29.5 Å². The molecule has 1 aromatic rings. The van der Waals surface area contributed by atoms with Crippen molar-refractivity contribution in [3.63, 3.8) is 0 Å². The summed E-state index contributed by atoms with van der Waals surface area (Å²) in [6.07, 6.45) is -1.18. The van der Waals surface area contributed by atoms with Crippen molar-refractivity contribution in [2.45, 2.75) is 45.9 Å². The predicted molar refractivity (Wildman–Crippen MR) is 103 cm³/mol. The maximum absolute atomic E-state index is 11.4. The summed E-state index contributed by atoms with van der Waals surface area (Å²) < 4.78 is 6.54. The van der Waals surface area contributed by atoms with Crippen LogP contribution in [0.3, 0.4) is 0 Å². The van der Waals surface area contributed by atoms with Gasteiger partial charge in [0.25, 0.3) is 0 Å². The fourth-order valence-electron chi connectivity index (χ4n) is 4.19. The number of carboxylic acid groups (broad SMARTS) is 1. The molecule has 0 aliphatic carbocycles. The topological polar surface area (TPSA) is 76.8 Å². The standard InChI is InChI=1S/C20H26ClN3O3/c1-12-13(5-6-15(21)14(12)9-22)17-11-23-7-8-24(19(25)26)10-16(23)18(27-17)20(2,3)4/h5-6,16-18H,7-8,10-11H2,1-4H3,(H,25,26)/t16-,17-,18?/m0/s1. The molecule has 2 fully saturated rings. The van der Waals surface area contributed by atoms with E-state index in [-0.39, 0.29) is 23.7 Å². The first-order valence-corrected chi connectivity index (χ1v) is 9.57. The Bertz CT molecular complexity index is 784. The van der Waals surface area contributed by atoms with E-state index in [9.17, 15) is 15.2 Å². The Morgan fingerprint density at radius 3 is 2.63 bits per heavy atom. The Morgan fingerprint density at radius 1 is 1.33 bits per heavy atom. The van der Waals surface area contributed by atoms with Crippen molar-refractivity contribution >= 4 is 17.7 Å². The van der Waals surface area contributed by atoms with Gasteiger partial charge in [-0.3, -0.25) is 4.90 Å². The Hall–Kier alpha value is -1.81. The smallest absolute Gasteiger partial charge is 0.407 e. The molecule has 1 aromatic carbocycles. The first-order chi connectivity index (χ1) is 12.6. The molecular weight excluding hydrogens is 366 g/mol. The Morgan fingerprint density at radius 2 is 2.04 bits per heavy atom. The van der Waals surface area contributed by atoms with E-state index in [0.29, 0.717) is 36.8 Å². The molecule has 0 aromatic heterocycles. The van der Waals surface area contributed by atoms with E-state index >= 15 is 0 Å². The van der Waals surface area contributed by atoms with Crippen molar-refractivity contribution in [1.29, 1.82) is 5.26 Å². The van der Waals surface area contributed by atoms with Gasteiger partial charge in [0, 0.05) is 26.2 Å². The average Bonchev–Trinajstić information content (AvgIpc) is 2.60. The minimum Gasteiger partial charge on any atom is -0.465 e. The van der Waals surface area contributed by atoms with Gasteiger partial charge < -0.3 is 14.7 Å². The monoisotopic (exact) mass is 391 g/mol. The number of hydrogen-bond donors (Lipinski definition) is 1. The van der Waals surface area contributed by atoms with Crippen molar-refractivity contribution in [2.75, 3.05) is 26.2 Å². The lowest BCUT2D eigenvalue weighted by Gasteiger charge is -2.53. The van der Waals surface area contributed by atoms with Gasteiger partial charge in [-0.2, -0.15) is 5.26 Å². The third-order valence-corrected chi connectivity index (χ3v) is 5.95. The summed E-state index contributed by atoms with van der Waals surface area (Å²) in [5, 5.41) is 19.3. The summed E-state index contributed by atoms with van der Waals surface area (Å²) in [5.41, 5.74) is 2.17. The SMILES string of the molecule is Cc1c([C@@H]2CN3CCN(C(=O)O)C[C@H]3C(C(C)(C)C)O2)ccc(Cl)c1C#N. The van der Waals surface area contributed by atoms with Gasteiger partial charge >= 0.3 is 6.09 Å². The second-order valence-corrected chi connectivity index (χ2v) is 8.86. The molecule has 27 heavy (non-hydrogen) atoms. The number of morpholine rings is 1. The molecule has 146 valence electrons. The van der Waals surface area contributed by atoms with E-state index in [2.05, 4.69) is 31.7 Å². The summed E-state index contributed by atoms with van der Waals surface area (Å²) >= 11 is 6.16.